The fourth-order valence-electron chi connectivity index (χ4n) is 3.81. The Labute approximate surface area is 216 Å². The van der Waals surface area contributed by atoms with E-state index in [-0.39, 0.29) is 16.8 Å². The third-order valence-electron chi connectivity index (χ3n) is 5.85. The number of aryl methyl sites for hydroxylation is 1. The molecule has 3 N–H and O–H groups in total. The molecule has 0 saturated heterocycles. The second-order valence-electron chi connectivity index (χ2n) is 8.55. The zero-order valence-electron chi connectivity index (χ0n) is 20.4. The van der Waals surface area contributed by atoms with Gasteiger partial charge in [-0.15, -0.1) is 0 Å². The normalized spacial score (nSPS) is 11.8. The van der Waals surface area contributed by atoms with Crippen molar-refractivity contribution in [3.8, 4) is 0 Å². The molecule has 4 aromatic carbocycles. The molecule has 4 rings (SSSR count). The van der Waals surface area contributed by atoms with E-state index in [1.807, 2.05) is 37.3 Å². The molecule has 37 heavy (non-hydrogen) atoms. The molecule has 7 nitrogen and oxygen atoms in total. The van der Waals surface area contributed by atoms with Crippen LogP contribution >= 0.6 is 0 Å². The van der Waals surface area contributed by atoms with Crippen molar-refractivity contribution < 1.29 is 18.0 Å². The van der Waals surface area contributed by atoms with E-state index in [1.54, 1.807) is 61.5 Å². The lowest BCUT2D eigenvalue weighted by Gasteiger charge is -2.17. The first-order valence-corrected chi connectivity index (χ1v) is 13.2. The maximum Gasteiger partial charge on any atom is 0.261 e. The predicted octanol–water partition coefficient (Wildman–Crippen LogP) is 5.54. The maximum absolute atomic E-state index is 13.0. The van der Waals surface area contributed by atoms with Gasteiger partial charge in [0.25, 0.3) is 21.8 Å². The number of rotatable bonds is 8. The van der Waals surface area contributed by atoms with Crippen LogP contribution in [0.4, 0.5) is 11.4 Å². The lowest BCUT2D eigenvalue weighted by molar-refractivity contribution is 0.0940. The van der Waals surface area contributed by atoms with Crippen LogP contribution in [0.2, 0.25) is 0 Å². The van der Waals surface area contributed by atoms with E-state index in [1.165, 1.54) is 18.2 Å². The minimum atomic E-state index is -3.76. The summed E-state index contributed by atoms with van der Waals surface area (Å²) in [7, 11) is -3.76. The summed E-state index contributed by atoms with van der Waals surface area (Å²) in [5.74, 6) is -0.731. The Kier molecular flexibility index (Phi) is 7.69. The van der Waals surface area contributed by atoms with E-state index in [0.29, 0.717) is 28.1 Å². The molecule has 0 aliphatic rings. The highest BCUT2D eigenvalue weighted by Crippen LogP contribution is 2.23. The first kappa shape index (κ1) is 25.7. The van der Waals surface area contributed by atoms with E-state index >= 15 is 0 Å². The predicted molar refractivity (Wildman–Crippen MR) is 145 cm³/mol. The van der Waals surface area contributed by atoms with Crippen LogP contribution in [0.3, 0.4) is 0 Å². The lowest BCUT2D eigenvalue weighted by atomic mass is 10.1. The molecule has 8 heteroatoms. The van der Waals surface area contributed by atoms with Crippen LogP contribution in [-0.2, 0) is 10.0 Å². The van der Waals surface area contributed by atoms with Gasteiger partial charge in [0.15, 0.2) is 0 Å². The Morgan fingerprint density at radius 2 is 1.35 bits per heavy atom. The summed E-state index contributed by atoms with van der Waals surface area (Å²) in [5.41, 5.74) is 2.95. The first-order chi connectivity index (χ1) is 17.7. The molecule has 1 atom stereocenters. The Morgan fingerprint density at radius 1 is 0.730 bits per heavy atom. The monoisotopic (exact) mass is 513 g/mol. The number of amides is 2. The summed E-state index contributed by atoms with van der Waals surface area (Å²) in [6.45, 7) is 3.61. The molecule has 0 bridgehead atoms. The summed E-state index contributed by atoms with van der Waals surface area (Å²) >= 11 is 0. The highest BCUT2D eigenvalue weighted by molar-refractivity contribution is 7.92. The van der Waals surface area contributed by atoms with Gasteiger partial charge in [-0.25, -0.2) is 8.42 Å². The van der Waals surface area contributed by atoms with Gasteiger partial charge in [0.2, 0.25) is 0 Å². The molecule has 2 amide bonds. The van der Waals surface area contributed by atoms with Crippen molar-refractivity contribution in [3.05, 3.63) is 125 Å². The number of anilines is 2. The van der Waals surface area contributed by atoms with E-state index < -0.39 is 15.9 Å². The van der Waals surface area contributed by atoms with Crippen LogP contribution in [0.25, 0.3) is 0 Å². The molecule has 0 aromatic heterocycles. The fourth-order valence-corrected chi connectivity index (χ4v) is 4.96. The Balaban J connectivity index is 1.48. The molecule has 188 valence electrons. The smallest absolute Gasteiger partial charge is 0.261 e. The van der Waals surface area contributed by atoms with Crippen molar-refractivity contribution in [2.45, 2.75) is 24.8 Å². The van der Waals surface area contributed by atoms with Crippen molar-refractivity contribution in [3.63, 3.8) is 0 Å². The highest BCUT2D eigenvalue weighted by Gasteiger charge is 2.18. The number of sulfonamides is 1. The molecule has 4 aromatic rings. The molecule has 0 heterocycles. The minimum Gasteiger partial charge on any atom is -0.345 e. The quantitative estimate of drug-likeness (QED) is 0.288. The summed E-state index contributed by atoms with van der Waals surface area (Å²) in [4.78, 5) is 26.2. The van der Waals surface area contributed by atoms with Crippen LogP contribution in [0.1, 0.15) is 44.8 Å². The van der Waals surface area contributed by atoms with Crippen molar-refractivity contribution >= 4 is 33.2 Å². The van der Waals surface area contributed by atoms with E-state index in [0.717, 1.165) is 5.56 Å². The molecule has 0 radical (unpaired) electrons. The SMILES string of the molecule is Cc1cc(C(=O)Nc2ccccc2C(=O)N[C@H](C)c2ccccc2)ccc1NS(=O)(=O)c1ccccc1. The molecule has 0 aliphatic carbocycles. The van der Waals surface area contributed by atoms with Crippen molar-refractivity contribution in [1.82, 2.24) is 5.32 Å². The maximum atomic E-state index is 13.0. The summed E-state index contributed by atoms with van der Waals surface area (Å²) in [5, 5.41) is 5.77. The third kappa shape index (κ3) is 6.23. The van der Waals surface area contributed by atoms with E-state index in [2.05, 4.69) is 15.4 Å². The number of hydrogen-bond acceptors (Lipinski definition) is 4. The summed E-state index contributed by atoms with van der Waals surface area (Å²) in [6.07, 6.45) is 0. The number of carbonyl (C=O) groups is 2. The Hall–Kier alpha value is -4.43. The molecule has 0 aliphatic heterocycles. The van der Waals surface area contributed by atoms with Gasteiger partial charge in [-0.1, -0.05) is 60.7 Å². The van der Waals surface area contributed by atoms with Gasteiger partial charge in [-0.3, -0.25) is 14.3 Å². The third-order valence-corrected chi connectivity index (χ3v) is 7.23. The van der Waals surface area contributed by atoms with Gasteiger partial charge < -0.3 is 10.6 Å². The largest absolute Gasteiger partial charge is 0.345 e. The van der Waals surface area contributed by atoms with Crippen LogP contribution in [-0.4, -0.2) is 20.2 Å². The van der Waals surface area contributed by atoms with Crippen LogP contribution in [0.5, 0.6) is 0 Å². The second kappa shape index (κ2) is 11.1. The Morgan fingerprint density at radius 3 is 2.03 bits per heavy atom. The number of carbonyl (C=O) groups excluding carboxylic acids is 2. The zero-order chi connectivity index (χ0) is 26.4. The van der Waals surface area contributed by atoms with Gasteiger partial charge in [-0.05, 0) is 67.4 Å². The summed E-state index contributed by atoms with van der Waals surface area (Å²) < 4.78 is 27.9. The average Bonchev–Trinajstić information content (AvgIpc) is 2.91. The number of hydrogen-bond donors (Lipinski definition) is 3. The topological polar surface area (TPSA) is 104 Å². The van der Waals surface area contributed by atoms with Crippen molar-refractivity contribution in [1.29, 1.82) is 0 Å². The van der Waals surface area contributed by atoms with Crippen LogP contribution < -0.4 is 15.4 Å². The van der Waals surface area contributed by atoms with Gasteiger partial charge in [0.1, 0.15) is 0 Å². The van der Waals surface area contributed by atoms with Gasteiger partial charge in [0, 0.05) is 5.56 Å². The fraction of sp³-hybridized carbons (Fsp3) is 0.103. The molecular weight excluding hydrogens is 486 g/mol. The molecule has 0 spiro atoms. The zero-order valence-corrected chi connectivity index (χ0v) is 21.3. The number of nitrogens with one attached hydrogen (secondary N) is 3. The Bertz CT molecular complexity index is 1520. The molecular formula is C29H27N3O4S. The first-order valence-electron chi connectivity index (χ1n) is 11.7. The van der Waals surface area contributed by atoms with E-state index in [4.69, 9.17) is 0 Å². The lowest BCUT2D eigenvalue weighted by Crippen LogP contribution is -2.28. The van der Waals surface area contributed by atoms with E-state index in [9.17, 15) is 18.0 Å². The second-order valence-corrected chi connectivity index (χ2v) is 10.2. The van der Waals surface area contributed by atoms with Gasteiger partial charge in [-0.2, -0.15) is 0 Å². The van der Waals surface area contributed by atoms with Crippen molar-refractivity contribution in [2.24, 2.45) is 0 Å². The van der Waals surface area contributed by atoms with Gasteiger partial charge >= 0.3 is 0 Å². The standard InChI is InChI=1S/C29H27N3O4S/c1-20-19-23(17-18-26(20)32-37(35,36)24-13-7-4-8-14-24)28(33)31-27-16-10-9-15-25(27)29(34)30-21(2)22-11-5-3-6-12-22/h3-19,21,32H,1-2H3,(H,30,34)(H,31,33)/t21-/m1/s1. The average molecular weight is 514 g/mol. The van der Waals surface area contributed by atoms with Crippen LogP contribution in [0, 0.1) is 6.92 Å². The number of para-hydroxylation sites is 1. The van der Waals surface area contributed by atoms with Crippen molar-refractivity contribution in [2.75, 3.05) is 10.0 Å². The number of benzene rings is 4. The highest BCUT2D eigenvalue weighted by atomic mass is 32.2. The molecule has 0 unspecified atom stereocenters. The molecule has 0 fully saturated rings. The van der Waals surface area contributed by atoms with Gasteiger partial charge in [0.05, 0.1) is 27.9 Å². The van der Waals surface area contributed by atoms with Crippen LogP contribution in [0.15, 0.2) is 108 Å². The molecule has 0 saturated carbocycles. The minimum absolute atomic E-state index is 0.146. The summed E-state index contributed by atoms with van der Waals surface area (Å²) in [6, 6.07) is 28.9.